The van der Waals surface area contributed by atoms with Crippen molar-refractivity contribution in [1.29, 1.82) is 0 Å². The SMILES string of the molecule is C1=CC2c3c(c4ccccc4c4ccccc34)N(c3ccccc3)C2C=C1N(c1ccc(-c2cc3occc3o2)cc1)c1ccc(-c2cccc3ccccc23)cc1. The van der Waals surface area contributed by atoms with E-state index in [-0.39, 0.29) is 12.0 Å². The summed E-state index contributed by atoms with van der Waals surface area (Å²) in [5, 5.41) is 7.66. The molecule has 274 valence electrons. The van der Waals surface area contributed by atoms with Crippen molar-refractivity contribution < 1.29 is 8.83 Å². The van der Waals surface area contributed by atoms with Crippen molar-refractivity contribution >= 4 is 66.2 Å². The van der Waals surface area contributed by atoms with Gasteiger partial charge in [-0.15, -0.1) is 0 Å². The van der Waals surface area contributed by atoms with Gasteiger partial charge in [0.25, 0.3) is 0 Å². The first-order valence-corrected chi connectivity index (χ1v) is 19.9. The predicted octanol–water partition coefficient (Wildman–Crippen LogP) is 14.7. The third-order valence-electron chi connectivity index (χ3n) is 12.1. The number of hydrogen-bond donors (Lipinski definition) is 0. The van der Waals surface area contributed by atoms with E-state index in [2.05, 4.69) is 198 Å². The Bertz CT molecular complexity index is 3210. The number of hydrogen-bond acceptors (Lipinski definition) is 4. The molecular weight excluding hydrogens is 709 g/mol. The second kappa shape index (κ2) is 13.0. The first-order valence-electron chi connectivity index (χ1n) is 19.9. The topological polar surface area (TPSA) is 32.8 Å². The lowest BCUT2D eigenvalue weighted by Crippen LogP contribution is -2.31. The molecule has 0 amide bonds. The number of nitrogens with zero attached hydrogens (tertiary/aromatic N) is 2. The number of furan rings is 2. The summed E-state index contributed by atoms with van der Waals surface area (Å²) in [6.07, 6.45) is 8.91. The van der Waals surface area contributed by atoms with Gasteiger partial charge in [-0.25, -0.2) is 0 Å². The second-order valence-electron chi connectivity index (χ2n) is 15.2. The van der Waals surface area contributed by atoms with E-state index in [1.54, 1.807) is 6.26 Å². The summed E-state index contributed by atoms with van der Waals surface area (Å²) in [7, 11) is 0. The molecule has 8 aromatic carbocycles. The molecule has 0 spiro atoms. The van der Waals surface area contributed by atoms with E-state index < -0.39 is 0 Å². The first kappa shape index (κ1) is 32.7. The summed E-state index contributed by atoms with van der Waals surface area (Å²) in [6, 6.07) is 65.4. The van der Waals surface area contributed by atoms with Gasteiger partial charge >= 0.3 is 0 Å². The van der Waals surface area contributed by atoms with Crippen LogP contribution >= 0.6 is 0 Å². The van der Waals surface area contributed by atoms with Crippen LogP contribution in [0.1, 0.15) is 11.5 Å². The zero-order chi connectivity index (χ0) is 38.2. The fourth-order valence-electron chi connectivity index (χ4n) is 9.48. The van der Waals surface area contributed by atoms with Crippen LogP contribution in [0.4, 0.5) is 22.7 Å². The van der Waals surface area contributed by atoms with Gasteiger partial charge in [-0.2, -0.15) is 0 Å². The third kappa shape index (κ3) is 5.08. The second-order valence-corrected chi connectivity index (χ2v) is 15.2. The Labute approximate surface area is 335 Å². The van der Waals surface area contributed by atoms with Crippen LogP contribution in [0.2, 0.25) is 0 Å². The largest absolute Gasteiger partial charge is 0.461 e. The van der Waals surface area contributed by atoms with Crippen molar-refractivity contribution in [3.05, 3.63) is 218 Å². The maximum absolute atomic E-state index is 6.14. The Hall–Kier alpha value is -7.56. The van der Waals surface area contributed by atoms with Gasteiger partial charge in [0.1, 0.15) is 5.76 Å². The fourth-order valence-corrected chi connectivity index (χ4v) is 9.48. The van der Waals surface area contributed by atoms with Gasteiger partial charge < -0.3 is 18.6 Å². The summed E-state index contributed by atoms with van der Waals surface area (Å²) in [4.78, 5) is 4.97. The molecule has 0 fully saturated rings. The molecular formula is C54H36N2O2. The predicted molar refractivity (Wildman–Crippen MR) is 239 cm³/mol. The molecule has 2 atom stereocenters. The summed E-state index contributed by atoms with van der Waals surface area (Å²) >= 11 is 0. The Morgan fingerprint density at radius 1 is 0.517 bits per heavy atom. The molecule has 2 aromatic heterocycles. The minimum Gasteiger partial charge on any atom is -0.461 e. The molecule has 1 aliphatic heterocycles. The lowest BCUT2D eigenvalue weighted by Gasteiger charge is -2.34. The number of fused-ring (bicyclic) bond motifs is 10. The maximum Gasteiger partial charge on any atom is 0.173 e. The van der Waals surface area contributed by atoms with Crippen LogP contribution in [0, 0.1) is 0 Å². The molecule has 4 heteroatoms. The van der Waals surface area contributed by atoms with E-state index in [1.807, 2.05) is 12.1 Å². The Kier molecular flexibility index (Phi) is 7.32. The summed E-state index contributed by atoms with van der Waals surface area (Å²) < 4.78 is 11.7. The average Bonchev–Trinajstić information content (AvgIpc) is 4.01. The number of allylic oxidation sites excluding steroid dienone is 1. The summed E-state index contributed by atoms with van der Waals surface area (Å²) in [6.45, 7) is 0. The van der Waals surface area contributed by atoms with Gasteiger partial charge in [0.2, 0.25) is 0 Å². The smallest absolute Gasteiger partial charge is 0.173 e. The lowest BCUT2D eigenvalue weighted by atomic mass is 9.85. The maximum atomic E-state index is 6.14. The molecule has 58 heavy (non-hydrogen) atoms. The van der Waals surface area contributed by atoms with Crippen molar-refractivity contribution in [2.75, 3.05) is 9.80 Å². The normalized spacial score (nSPS) is 15.9. The Morgan fingerprint density at radius 2 is 1.16 bits per heavy atom. The van der Waals surface area contributed by atoms with Gasteiger partial charge in [-0.1, -0.05) is 127 Å². The third-order valence-corrected chi connectivity index (χ3v) is 12.1. The quantitative estimate of drug-likeness (QED) is 0.159. The first-order chi connectivity index (χ1) is 28.8. The molecule has 0 saturated carbocycles. The Morgan fingerprint density at radius 3 is 1.91 bits per heavy atom. The van der Waals surface area contributed by atoms with Crippen LogP contribution in [0.15, 0.2) is 221 Å². The van der Waals surface area contributed by atoms with Gasteiger partial charge in [-0.3, -0.25) is 0 Å². The zero-order valence-electron chi connectivity index (χ0n) is 31.5. The highest BCUT2D eigenvalue weighted by Gasteiger charge is 2.41. The number of benzene rings is 8. The number of rotatable bonds is 6. The molecule has 12 rings (SSSR count). The van der Waals surface area contributed by atoms with Crippen molar-refractivity contribution in [2.45, 2.75) is 12.0 Å². The average molecular weight is 745 g/mol. The van der Waals surface area contributed by atoms with E-state index in [0.29, 0.717) is 0 Å². The van der Waals surface area contributed by atoms with Crippen LogP contribution < -0.4 is 9.80 Å². The molecule has 4 nitrogen and oxygen atoms in total. The fraction of sp³-hybridized carbons (Fsp3) is 0.0370. The van der Waals surface area contributed by atoms with Crippen molar-refractivity contribution in [3.8, 4) is 22.5 Å². The van der Waals surface area contributed by atoms with Crippen molar-refractivity contribution in [1.82, 2.24) is 0 Å². The van der Waals surface area contributed by atoms with E-state index in [9.17, 15) is 0 Å². The van der Waals surface area contributed by atoms with E-state index in [1.165, 1.54) is 60.4 Å². The van der Waals surface area contributed by atoms with Gasteiger partial charge in [0.15, 0.2) is 11.2 Å². The van der Waals surface area contributed by atoms with Crippen LogP contribution in [-0.4, -0.2) is 6.04 Å². The number of anilines is 4. The van der Waals surface area contributed by atoms with Gasteiger partial charge in [0.05, 0.1) is 18.0 Å². The van der Waals surface area contributed by atoms with Crippen LogP contribution in [0.25, 0.3) is 65.9 Å². The van der Waals surface area contributed by atoms with Crippen LogP contribution in [0.3, 0.4) is 0 Å². The van der Waals surface area contributed by atoms with E-state index in [0.717, 1.165) is 39.6 Å². The molecule has 3 heterocycles. The molecule has 2 unspecified atom stereocenters. The Balaban J connectivity index is 1.02. The van der Waals surface area contributed by atoms with Gasteiger partial charge in [0, 0.05) is 51.8 Å². The highest BCUT2D eigenvalue weighted by Crippen LogP contribution is 2.55. The number of para-hydroxylation sites is 1. The van der Waals surface area contributed by atoms with Gasteiger partial charge in [-0.05, 0) is 104 Å². The zero-order valence-corrected chi connectivity index (χ0v) is 31.5. The molecule has 2 aliphatic rings. The van der Waals surface area contributed by atoms with E-state index in [4.69, 9.17) is 8.83 Å². The standard InChI is InChI=1S/C54H36N2O2/c1-2-13-38(14-3-1)56-49-33-41(29-30-48(49)53-46-18-8-6-16-44(46)45-17-7-9-19-47(45)54(53)56)55(40-27-23-37(24-28-40)51-34-52-50(58-51)31-32-57-52)39-25-21-36(22-26-39)43-20-10-12-35-11-4-5-15-42(35)43/h1-34,48-49H. The highest BCUT2D eigenvalue weighted by atomic mass is 16.4. The molecule has 1 aliphatic carbocycles. The molecule has 0 radical (unpaired) electrons. The lowest BCUT2D eigenvalue weighted by molar-refractivity contribution is 0.612. The molecule has 0 bridgehead atoms. The summed E-state index contributed by atoms with van der Waals surface area (Å²) in [5.74, 6) is 0.941. The van der Waals surface area contributed by atoms with Crippen molar-refractivity contribution in [2.24, 2.45) is 0 Å². The molecule has 0 N–H and O–H groups in total. The monoisotopic (exact) mass is 744 g/mol. The summed E-state index contributed by atoms with van der Waals surface area (Å²) in [5.41, 5.74) is 12.0. The van der Waals surface area contributed by atoms with Crippen LogP contribution in [0.5, 0.6) is 0 Å². The molecule has 10 aromatic rings. The van der Waals surface area contributed by atoms with Crippen LogP contribution in [-0.2, 0) is 0 Å². The minimum atomic E-state index is 0.0434. The minimum absolute atomic E-state index is 0.0434. The highest BCUT2D eigenvalue weighted by molar-refractivity contribution is 6.17. The molecule has 0 saturated heterocycles. The van der Waals surface area contributed by atoms with E-state index >= 15 is 0 Å². The van der Waals surface area contributed by atoms with Crippen molar-refractivity contribution in [3.63, 3.8) is 0 Å².